The van der Waals surface area contributed by atoms with Crippen molar-refractivity contribution in [2.24, 2.45) is 0 Å². The smallest absolute Gasteiger partial charge is 0.0220 e. The largest absolute Gasteiger partial charge is 0.311 e. The first-order valence-corrected chi connectivity index (χ1v) is 6.25. The average Bonchev–Trinajstić information content (AvgIpc) is 2.09. The first-order valence-electron chi connectivity index (χ1n) is 6.25. The SMILES string of the molecule is CCCC(CNC(C)(C)C)N(C)C(C)C. The van der Waals surface area contributed by atoms with Gasteiger partial charge in [-0.15, -0.1) is 0 Å². The van der Waals surface area contributed by atoms with Crippen LogP contribution in [0.2, 0.25) is 0 Å². The Kier molecular flexibility index (Phi) is 6.46. The highest BCUT2D eigenvalue weighted by Gasteiger charge is 2.18. The molecule has 2 nitrogen and oxygen atoms in total. The number of rotatable bonds is 6. The van der Waals surface area contributed by atoms with Crippen LogP contribution in [0.15, 0.2) is 0 Å². The van der Waals surface area contributed by atoms with Crippen LogP contribution in [-0.4, -0.2) is 36.1 Å². The summed E-state index contributed by atoms with van der Waals surface area (Å²) in [4.78, 5) is 2.47. The Balaban J connectivity index is 4.15. The molecule has 1 unspecified atom stereocenters. The van der Waals surface area contributed by atoms with E-state index in [0.29, 0.717) is 12.1 Å². The highest BCUT2D eigenvalue weighted by Crippen LogP contribution is 2.09. The van der Waals surface area contributed by atoms with Crippen molar-refractivity contribution in [1.82, 2.24) is 10.2 Å². The topological polar surface area (TPSA) is 15.3 Å². The standard InChI is InChI=1S/C13H30N2/c1-8-9-12(15(7)11(2)3)10-14-13(4,5)6/h11-12,14H,8-10H2,1-7H3. The van der Waals surface area contributed by atoms with Gasteiger partial charge >= 0.3 is 0 Å². The minimum atomic E-state index is 0.226. The van der Waals surface area contributed by atoms with Crippen molar-refractivity contribution in [3.8, 4) is 0 Å². The predicted octanol–water partition coefficient (Wildman–Crippen LogP) is 2.88. The fourth-order valence-electron chi connectivity index (χ4n) is 1.63. The molecule has 0 saturated carbocycles. The number of nitrogens with one attached hydrogen (secondary N) is 1. The molecule has 92 valence electrons. The molecule has 15 heavy (non-hydrogen) atoms. The first kappa shape index (κ1) is 14.9. The molecule has 0 saturated heterocycles. The number of hydrogen-bond acceptors (Lipinski definition) is 2. The molecule has 1 atom stereocenters. The van der Waals surface area contributed by atoms with Gasteiger partial charge in [0.25, 0.3) is 0 Å². The van der Waals surface area contributed by atoms with Crippen molar-refractivity contribution in [3.63, 3.8) is 0 Å². The molecule has 0 aliphatic heterocycles. The van der Waals surface area contributed by atoms with Crippen molar-refractivity contribution in [3.05, 3.63) is 0 Å². The normalized spacial score (nSPS) is 15.0. The molecule has 0 heterocycles. The van der Waals surface area contributed by atoms with Crippen molar-refractivity contribution >= 4 is 0 Å². The van der Waals surface area contributed by atoms with Gasteiger partial charge in [-0.3, -0.25) is 4.90 Å². The fourth-order valence-corrected chi connectivity index (χ4v) is 1.63. The van der Waals surface area contributed by atoms with Gasteiger partial charge in [0.15, 0.2) is 0 Å². The van der Waals surface area contributed by atoms with E-state index in [1.54, 1.807) is 0 Å². The molecular formula is C13H30N2. The third kappa shape index (κ3) is 6.91. The Morgan fingerprint density at radius 3 is 2.07 bits per heavy atom. The van der Waals surface area contributed by atoms with E-state index < -0.39 is 0 Å². The molecule has 0 aliphatic carbocycles. The molecule has 1 N–H and O–H groups in total. The summed E-state index contributed by atoms with van der Waals surface area (Å²) in [5, 5.41) is 3.60. The second-order valence-electron chi connectivity index (χ2n) is 5.83. The van der Waals surface area contributed by atoms with E-state index in [9.17, 15) is 0 Å². The lowest BCUT2D eigenvalue weighted by Gasteiger charge is -2.34. The van der Waals surface area contributed by atoms with E-state index in [0.717, 1.165) is 6.54 Å². The lowest BCUT2D eigenvalue weighted by molar-refractivity contribution is 0.171. The van der Waals surface area contributed by atoms with Gasteiger partial charge in [-0.2, -0.15) is 0 Å². The third-order valence-electron chi connectivity index (χ3n) is 2.88. The summed E-state index contributed by atoms with van der Waals surface area (Å²) in [6, 6.07) is 1.29. The zero-order chi connectivity index (χ0) is 12.1. The second kappa shape index (κ2) is 6.49. The van der Waals surface area contributed by atoms with E-state index in [4.69, 9.17) is 0 Å². The summed E-state index contributed by atoms with van der Waals surface area (Å²) >= 11 is 0. The monoisotopic (exact) mass is 214 g/mol. The summed E-state index contributed by atoms with van der Waals surface area (Å²) < 4.78 is 0. The molecular weight excluding hydrogens is 184 g/mol. The lowest BCUT2D eigenvalue weighted by Crippen LogP contribution is -2.48. The van der Waals surface area contributed by atoms with Gasteiger partial charge in [-0.05, 0) is 48.1 Å². The van der Waals surface area contributed by atoms with E-state index in [1.165, 1.54) is 12.8 Å². The van der Waals surface area contributed by atoms with Crippen LogP contribution in [0.4, 0.5) is 0 Å². The lowest BCUT2D eigenvalue weighted by atomic mass is 10.1. The molecule has 0 aliphatic rings. The van der Waals surface area contributed by atoms with Crippen LogP contribution in [-0.2, 0) is 0 Å². The molecule has 0 amide bonds. The van der Waals surface area contributed by atoms with Crippen LogP contribution in [0, 0.1) is 0 Å². The summed E-state index contributed by atoms with van der Waals surface area (Å²) in [7, 11) is 2.23. The summed E-state index contributed by atoms with van der Waals surface area (Å²) in [6.07, 6.45) is 2.53. The predicted molar refractivity (Wildman–Crippen MR) is 69.4 cm³/mol. The van der Waals surface area contributed by atoms with Crippen molar-refractivity contribution in [2.45, 2.75) is 72.0 Å². The first-order chi connectivity index (χ1) is 6.78. The maximum absolute atomic E-state index is 3.60. The molecule has 0 bridgehead atoms. The molecule has 0 rings (SSSR count). The molecule has 0 radical (unpaired) electrons. The minimum absolute atomic E-state index is 0.226. The van der Waals surface area contributed by atoms with E-state index in [2.05, 4.69) is 58.8 Å². The zero-order valence-corrected chi connectivity index (χ0v) is 11.7. The molecule has 0 aromatic carbocycles. The zero-order valence-electron chi connectivity index (χ0n) is 11.7. The second-order valence-corrected chi connectivity index (χ2v) is 5.83. The van der Waals surface area contributed by atoms with Gasteiger partial charge in [-0.25, -0.2) is 0 Å². The molecule has 0 aromatic rings. The number of hydrogen-bond donors (Lipinski definition) is 1. The van der Waals surface area contributed by atoms with Crippen molar-refractivity contribution < 1.29 is 0 Å². The van der Waals surface area contributed by atoms with E-state index >= 15 is 0 Å². The Labute approximate surface area is 96.4 Å². The van der Waals surface area contributed by atoms with Crippen LogP contribution >= 0.6 is 0 Å². The van der Waals surface area contributed by atoms with Crippen molar-refractivity contribution in [1.29, 1.82) is 0 Å². The van der Waals surface area contributed by atoms with Crippen LogP contribution in [0.5, 0.6) is 0 Å². The third-order valence-corrected chi connectivity index (χ3v) is 2.88. The van der Waals surface area contributed by atoms with Crippen LogP contribution in [0.1, 0.15) is 54.4 Å². The van der Waals surface area contributed by atoms with E-state index in [1.807, 2.05) is 0 Å². The van der Waals surface area contributed by atoms with Gasteiger partial charge in [0, 0.05) is 24.2 Å². The van der Waals surface area contributed by atoms with Crippen LogP contribution < -0.4 is 5.32 Å². The van der Waals surface area contributed by atoms with Crippen LogP contribution in [0.3, 0.4) is 0 Å². The molecule has 0 spiro atoms. The Morgan fingerprint density at radius 1 is 1.20 bits per heavy atom. The minimum Gasteiger partial charge on any atom is -0.311 e. The quantitative estimate of drug-likeness (QED) is 0.731. The number of likely N-dealkylation sites (N-methyl/N-ethyl adjacent to an activating group) is 1. The van der Waals surface area contributed by atoms with Gasteiger partial charge in [0.2, 0.25) is 0 Å². The summed E-state index contributed by atoms with van der Waals surface area (Å²) in [5.74, 6) is 0. The highest BCUT2D eigenvalue weighted by atomic mass is 15.2. The Morgan fingerprint density at radius 2 is 1.73 bits per heavy atom. The summed E-state index contributed by atoms with van der Waals surface area (Å²) in [6.45, 7) is 14.6. The maximum Gasteiger partial charge on any atom is 0.0220 e. The summed E-state index contributed by atoms with van der Waals surface area (Å²) in [5.41, 5.74) is 0.226. The van der Waals surface area contributed by atoms with Crippen molar-refractivity contribution in [2.75, 3.05) is 13.6 Å². The highest BCUT2D eigenvalue weighted by molar-refractivity contribution is 4.78. The van der Waals surface area contributed by atoms with Gasteiger partial charge < -0.3 is 5.32 Å². The number of nitrogens with zero attached hydrogens (tertiary/aromatic N) is 1. The fraction of sp³-hybridized carbons (Fsp3) is 1.00. The average molecular weight is 214 g/mol. The molecule has 0 aromatic heterocycles. The Bertz CT molecular complexity index is 158. The molecule has 0 fully saturated rings. The maximum atomic E-state index is 3.60. The van der Waals surface area contributed by atoms with E-state index in [-0.39, 0.29) is 5.54 Å². The van der Waals surface area contributed by atoms with Gasteiger partial charge in [0.1, 0.15) is 0 Å². The van der Waals surface area contributed by atoms with Crippen LogP contribution in [0.25, 0.3) is 0 Å². The van der Waals surface area contributed by atoms with Gasteiger partial charge in [0.05, 0.1) is 0 Å². The van der Waals surface area contributed by atoms with Gasteiger partial charge in [-0.1, -0.05) is 13.3 Å². The Hall–Kier alpha value is -0.0800. The molecule has 2 heteroatoms.